The number of hydrogen-bond donors (Lipinski definition) is 2. The van der Waals surface area contributed by atoms with Crippen LogP contribution in [0.4, 0.5) is 0 Å². The van der Waals surface area contributed by atoms with E-state index in [1.165, 1.54) is 0 Å². The molecule has 1 rings (SSSR count). The molecule has 0 bridgehead atoms. The molecule has 0 atom stereocenters. The van der Waals surface area contributed by atoms with Crippen LogP contribution in [0.1, 0.15) is 32.3 Å². The molecule has 0 fully saturated rings. The van der Waals surface area contributed by atoms with Gasteiger partial charge in [0.2, 0.25) is 0 Å². The van der Waals surface area contributed by atoms with Gasteiger partial charge in [-0.2, -0.15) is 0 Å². The predicted octanol–water partition coefficient (Wildman–Crippen LogP) is 3.25. The number of benzene rings is 1. The molecule has 0 aliphatic heterocycles. The van der Waals surface area contributed by atoms with Crippen molar-refractivity contribution in [1.82, 2.24) is 0 Å². The molecule has 0 aliphatic carbocycles. The maximum atomic E-state index is 8.90. The second-order valence-electron chi connectivity index (χ2n) is 3.78. The molecular weight excluding hydrogens is 268 g/mol. The largest absolute Gasteiger partial charge is 0.409 e. The molecular formula is C12H17BrN2O. The zero-order valence-electron chi connectivity index (χ0n) is 9.57. The summed E-state index contributed by atoms with van der Waals surface area (Å²) in [5, 5.41) is 12.1. The second kappa shape index (κ2) is 5.34. The third kappa shape index (κ3) is 2.21. The normalized spacial score (nSPS) is 12.8. The van der Waals surface area contributed by atoms with Gasteiger partial charge in [-0.3, -0.25) is 0 Å². The summed E-state index contributed by atoms with van der Waals surface area (Å²) in [7, 11) is 0. The van der Waals surface area contributed by atoms with E-state index in [1.54, 1.807) is 0 Å². The van der Waals surface area contributed by atoms with Crippen LogP contribution in [0.5, 0.6) is 0 Å². The van der Waals surface area contributed by atoms with Gasteiger partial charge in [0.1, 0.15) is 5.84 Å². The Hall–Kier alpha value is -1.03. The van der Waals surface area contributed by atoms with Crippen LogP contribution in [0.3, 0.4) is 0 Å². The van der Waals surface area contributed by atoms with E-state index in [0.29, 0.717) is 0 Å². The molecule has 0 spiro atoms. The van der Waals surface area contributed by atoms with E-state index in [2.05, 4.69) is 21.1 Å². The summed E-state index contributed by atoms with van der Waals surface area (Å²) in [5.41, 5.74) is 6.55. The van der Waals surface area contributed by atoms with E-state index in [0.717, 1.165) is 22.9 Å². The van der Waals surface area contributed by atoms with Gasteiger partial charge in [-0.15, -0.1) is 0 Å². The highest BCUT2D eigenvalue weighted by Gasteiger charge is 2.33. The van der Waals surface area contributed by atoms with Crippen molar-refractivity contribution in [3.8, 4) is 0 Å². The topological polar surface area (TPSA) is 58.6 Å². The van der Waals surface area contributed by atoms with Crippen molar-refractivity contribution in [2.45, 2.75) is 32.1 Å². The van der Waals surface area contributed by atoms with Crippen molar-refractivity contribution in [3.63, 3.8) is 0 Å². The van der Waals surface area contributed by atoms with Crippen LogP contribution in [0, 0.1) is 0 Å². The van der Waals surface area contributed by atoms with Gasteiger partial charge in [-0.05, 0) is 30.5 Å². The average molecular weight is 285 g/mol. The van der Waals surface area contributed by atoms with Crippen LogP contribution < -0.4 is 5.73 Å². The van der Waals surface area contributed by atoms with E-state index < -0.39 is 0 Å². The number of halogens is 1. The number of nitrogens with two attached hydrogens (primary N) is 1. The van der Waals surface area contributed by atoms with E-state index in [9.17, 15) is 0 Å². The summed E-state index contributed by atoms with van der Waals surface area (Å²) in [4.78, 5) is 0. The molecule has 0 amide bonds. The number of oxime groups is 1. The SMILES string of the molecule is CCC(CC)(/C(N)=N/O)c1ccc(Br)cc1. The van der Waals surface area contributed by atoms with Crippen molar-refractivity contribution < 1.29 is 5.21 Å². The van der Waals surface area contributed by atoms with Gasteiger partial charge in [-0.25, -0.2) is 0 Å². The van der Waals surface area contributed by atoms with Gasteiger partial charge < -0.3 is 10.9 Å². The molecule has 4 heteroatoms. The lowest BCUT2D eigenvalue weighted by atomic mass is 9.75. The number of rotatable bonds is 4. The van der Waals surface area contributed by atoms with Gasteiger partial charge in [0.25, 0.3) is 0 Å². The lowest BCUT2D eigenvalue weighted by Crippen LogP contribution is -2.40. The van der Waals surface area contributed by atoms with Gasteiger partial charge in [-0.1, -0.05) is 47.1 Å². The number of hydrogen-bond acceptors (Lipinski definition) is 2. The Kier molecular flexibility index (Phi) is 4.35. The molecule has 1 aromatic rings. The fourth-order valence-electron chi connectivity index (χ4n) is 2.03. The molecule has 0 radical (unpaired) electrons. The minimum atomic E-state index is -0.366. The first kappa shape index (κ1) is 13.0. The number of amidine groups is 1. The summed E-state index contributed by atoms with van der Waals surface area (Å²) in [5.74, 6) is 0.278. The quantitative estimate of drug-likeness (QED) is 0.386. The van der Waals surface area contributed by atoms with Crippen LogP contribution in [-0.2, 0) is 5.41 Å². The summed E-state index contributed by atoms with van der Waals surface area (Å²) in [6.45, 7) is 4.09. The summed E-state index contributed by atoms with van der Waals surface area (Å²) < 4.78 is 1.02. The summed E-state index contributed by atoms with van der Waals surface area (Å²) in [6, 6.07) is 7.96. The monoisotopic (exact) mass is 284 g/mol. The minimum Gasteiger partial charge on any atom is -0.409 e. The molecule has 0 heterocycles. The lowest BCUT2D eigenvalue weighted by molar-refractivity contribution is 0.309. The molecule has 3 nitrogen and oxygen atoms in total. The second-order valence-corrected chi connectivity index (χ2v) is 4.70. The van der Waals surface area contributed by atoms with Crippen LogP contribution in [-0.4, -0.2) is 11.0 Å². The summed E-state index contributed by atoms with van der Waals surface area (Å²) in [6.07, 6.45) is 1.61. The Labute approximate surface area is 104 Å². The van der Waals surface area contributed by atoms with E-state index in [4.69, 9.17) is 10.9 Å². The van der Waals surface area contributed by atoms with Crippen molar-refractivity contribution in [3.05, 3.63) is 34.3 Å². The van der Waals surface area contributed by atoms with Crippen LogP contribution in [0.25, 0.3) is 0 Å². The average Bonchev–Trinajstić information content (AvgIpc) is 2.33. The molecule has 0 unspecified atom stereocenters. The van der Waals surface area contributed by atoms with Crippen LogP contribution in [0.15, 0.2) is 33.9 Å². The number of nitrogens with zero attached hydrogens (tertiary/aromatic N) is 1. The summed E-state index contributed by atoms with van der Waals surface area (Å²) >= 11 is 3.40. The van der Waals surface area contributed by atoms with Crippen LogP contribution >= 0.6 is 15.9 Å². The molecule has 1 aromatic carbocycles. The fraction of sp³-hybridized carbons (Fsp3) is 0.417. The highest BCUT2D eigenvalue weighted by atomic mass is 79.9. The van der Waals surface area contributed by atoms with Gasteiger partial charge >= 0.3 is 0 Å². The Bertz CT molecular complexity index is 369. The Morgan fingerprint density at radius 3 is 2.19 bits per heavy atom. The first-order chi connectivity index (χ1) is 7.60. The van der Waals surface area contributed by atoms with Gasteiger partial charge in [0, 0.05) is 4.47 Å². The van der Waals surface area contributed by atoms with Gasteiger partial charge in [0.15, 0.2) is 0 Å². The maximum Gasteiger partial charge on any atom is 0.149 e. The molecule has 3 N–H and O–H groups in total. The first-order valence-corrected chi connectivity index (χ1v) is 6.14. The van der Waals surface area contributed by atoms with Crippen molar-refractivity contribution in [1.29, 1.82) is 0 Å². The third-order valence-electron chi connectivity index (χ3n) is 3.20. The first-order valence-electron chi connectivity index (χ1n) is 5.34. The van der Waals surface area contributed by atoms with Crippen molar-refractivity contribution >= 4 is 21.8 Å². The molecule has 0 saturated carbocycles. The van der Waals surface area contributed by atoms with Crippen molar-refractivity contribution in [2.24, 2.45) is 10.9 Å². The Morgan fingerprint density at radius 2 is 1.81 bits per heavy atom. The molecule has 0 saturated heterocycles. The van der Waals surface area contributed by atoms with E-state index in [-0.39, 0.29) is 11.3 Å². The molecule has 0 aromatic heterocycles. The molecule has 88 valence electrons. The maximum absolute atomic E-state index is 8.90. The Balaban J connectivity index is 3.26. The zero-order valence-corrected chi connectivity index (χ0v) is 11.2. The van der Waals surface area contributed by atoms with E-state index >= 15 is 0 Å². The van der Waals surface area contributed by atoms with Gasteiger partial charge in [0.05, 0.1) is 5.41 Å². The zero-order chi connectivity index (χ0) is 12.2. The highest BCUT2D eigenvalue weighted by Crippen LogP contribution is 2.32. The smallest absolute Gasteiger partial charge is 0.149 e. The third-order valence-corrected chi connectivity index (χ3v) is 3.73. The molecule has 16 heavy (non-hydrogen) atoms. The Morgan fingerprint density at radius 1 is 1.31 bits per heavy atom. The highest BCUT2D eigenvalue weighted by molar-refractivity contribution is 9.10. The predicted molar refractivity (Wildman–Crippen MR) is 69.8 cm³/mol. The van der Waals surface area contributed by atoms with E-state index in [1.807, 2.05) is 38.1 Å². The van der Waals surface area contributed by atoms with Crippen LogP contribution in [0.2, 0.25) is 0 Å². The molecule has 0 aliphatic rings. The van der Waals surface area contributed by atoms with Crippen molar-refractivity contribution in [2.75, 3.05) is 0 Å². The minimum absolute atomic E-state index is 0.278. The fourth-order valence-corrected chi connectivity index (χ4v) is 2.30. The standard InChI is InChI=1S/C12H17BrN2O/c1-3-12(4-2,11(14)15-16)9-5-7-10(13)8-6-9/h5-8,16H,3-4H2,1-2H3,(H2,14,15). The lowest BCUT2D eigenvalue weighted by Gasteiger charge is -2.30.